The second kappa shape index (κ2) is 10.7. The highest BCUT2D eigenvalue weighted by atomic mass is 32.2. The van der Waals surface area contributed by atoms with Crippen molar-refractivity contribution in [2.75, 3.05) is 17.7 Å². The van der Waals surface area contributed by atoms with Crippen LogP contribution in [0.4, 0.5) is 5.69 Å². The van der Waals surface area contributed by atoms with E-state index in [1.54, 1.807) is 30.5 Å². The number of anilines is 1. The Morgan fingerprint density at radius 3 is 2.45 bits per heavy atom. The summed E-state index contributed by atoms with van der Waals surface area (Å²) in [6, 6.07) is 14.0. The van der Waals surface area contributed by atoms with E-state index < -0.39 is 5.97 Å². The number of nitrogens with zero attached hydrogens (tertiary/aromatic N) is 2. The number of fused-ring (bicyclic) bond motifs is 1. The van der Waals surface area contributed by atoms with Crippen molar-refractivity contribution in [3.05, 3.63) is 60.3 Å². The zero-order valence-electron chi connectivity index (χ0n) is 17.3. The van der Waals surface area contributed by atoms with Crippen molar-refractivity contribution in [2.45, 2.75) is 25.3 Å². The van der Waals surface area contributed by atoms with Crippen molar-refractivity contribution >= 4 is 46.1 Å². The fourth-order valence-electron chi connectivity index (χ4n) is 2.74. The first kappa shape index (κ1) is 22.4. The third kappa shape index (κ3) is 6.89. The summed E-state index contributed by atoms with van der Waals surface area (Å²) in [7, 11) is 0. The molecule has 0 atom stereocenters. The summed E-state index contributed by atoms with van der Waals surface area (Å²) in [5.74, 6) is -0.602. The standard InChI is InChI=1S/C23H23N3O4S/c1-15(2)11-21(28)25-17-9-7-16(8-10-17)20(27)13-30-23(29)14-31-22-12-24-18-5-3-4-6-19(18)26-22/h3-10,12,15H,11,13-14H2,1-2H3,(H,25,28). The number of rotatable bonds is 9. The van der Waals surface area contributed by atoms with Gasteiger partial charge in [0.15, 0.2) is 12.4 Å². The lowest BCUT2D eigenvalue weighted by molar-refractivity contribution is -0.139. The van der Waals surface area contributed by atoms with Crippen LogP contribution >= 0.6 is 11.8 Å². The summed E-state index contributed by atoms with van der Waals surface area (Å²) in [4.78, 5) is 44.8. The van der Waals surface area contributed by atoms with Crippen LogP contribution in [-0.4, -0.2) is 40.0 Å². The van der Waals surface area contributed by atoms with Gasteiger partial charge in [0.2, 0.25) is 5.91 Å². The molecule has 2 aromatic carbocycles. The Morgan fingerprint density at radius 2 is 1.74 bits per heavy atom. The number of esters is 1. The zero-order chi connectivity index (χ0) is 22.2. The lowest BCUT2D eigenvalue weighted by atomic mass is 10.1. The third-order valence-electron chi connectivity index (χ3n) is 4.21. The summed E-state index contributed by atoms with van der Waals surface area (Å²) in [5.41, 5.74) is 2.56. The number of hydrogen-bond acceptors (Lipinski definition) is 7. The molecule has 0 aliphatic heterocycles. The van der Waals surface area contributed by atoms with Crippen LogP contribution in [-0.2, 0) is 14.3 Å². The summed E-state index contributed by atoms with van der Waals surface area (Å²) < 4.78 is 5.08. The highest BCUT2D eigenvalue weighted by Crippen LogP contribution is 2.18. The average molecular weight is 438 g/mol. The van der Waals surface area contributed by atoms with E-state index in [0.717, 1.165) is 11.0 Å². The van der Waals surface area contributed by atoms with Gasteiger partial charge in [0, 0.05) is 17.7 Å². The van der Waals surface area contributed by atoms with Crippen LogP contribution in [0.5, 0.6) is 0 Å². The molecule has 160 valence electrons. The second-order valence-electron chi connectivity index (χ2n) is 7.29. The van der Waals surface area contributed by atoms with Gasteiger partial charge < -0.3 is 10.1 Å². The van der Waals surface area contributed by atoms with Crippen molar-refractivity contribution < 1.29 is 19.1 Å². The average Bonchev–Trinajstić information content (AvgIpc) is 2.75. The largest absolute Gasteiger partial charge is 0.457 e. The van der Waals surface area contributed by atoms with E-state index in [4.69, 9.17) is 4.74 Å². The number of para-hydroxylation sites is 2. The molecular formula is C23H23N3O4S. The van der Waals surface area contributed by atoms with E-state index in [2.05, 4.69) is 15.3 Å². The van der Waals surface area contributed by atoms with Gasteiger partial charge in [-0.2, -0.15) is 0 Å². The van der Waals surface area contributed by atoms with Gasteiger partial charge in [-0.3, -0.25) is 19.4 Å². The van der Waals surface area contributed by atoms with Crippen molar-refractivity contribution in [3.63, 3.8) is 0 Å². The van der Waals surface area contributed by atoms with E-state index in [0.29, 0.717) is 22.7 Å². The Kier molecular flexibility index (Phi) is 7.72. The van der Waals surface area contributed by atoms with Gasteiger partial charge in [0.25, 0.3) is 0 Å². The van der Waals surface area contributed by atoms with Gasteiger partial charge in [-0.15, -0.1) is 0 Å². The molecule has 7 nitrogen and oxygen atoms in total. The van der Waals surface area contributed by atoms with Crippen LogP contribution in [0.1, 0.15) is 30.6 Å². The third-order valence-corrected chi connectivity index (χ3v) is 5.09. The molecule has 31 heavy (non-hydrogen) atoms. The molecule has 1 heterocycles. The van der Waals surface area contributed by atoms with Gasteiger partial charge in [-0.05, 0) is 42.3 Å². The highest BCUT2D eigenvalue weighted by molar-refractivity contribution is 7.99. The van der Waals surface area contributed by atoms with Crippen LogP contribution < -0.4 is 5.32 Å². The minimum Gasteiger partial charge on any atom is -0.457 e. The molecule has 0 saturated heterocycles. The van der Waals surface area contributed by atoms with Crippen LogP contribution in [0, 0.1) is 5.92 Å². The number of ketones is 1. The molecule has 3 rings (SSSR count). The number of carbonyl (C=O) groups excluding carboxylic acids is 3. The predicted molar refractivity (Wildman–Crippen MR) is 120 cm³/mol. The Morgan fingerprint density at radius 1 is 1.03 bits per heavy atom. The van der Waals surface area contributed by atoms with Crippen molar-refractivity contribution in [3.8, 4) is 0 Å². The molecule has 0 radical (unpaired) electrons. The van der Waals surface area contributed by atoms with Crippen molar-refractivity contribution in [1.29, 1.82) is 0 Å². The summed E-state index contributed by atoms with van der Waals surface area (Å²) in [6.45, 7) is 3.59. The maximum absolute atomic E-state index is 12.3. The number of nitrogens with one attached hydrogen (secondary N) is 1. The number of thioether (sulfide) groups is 1. The fraction of sp³-hybridized carbons (Fsp3) is 0.261. The Bertz CT molecular complexity index is 1080. The molecule has 0 aliphatic rings. The van der Waals surface area contributed by atoms with Gasteiger partial charge in [-0.1, -0.05) is 37.7 Å². The van der Waals surface area contributed by atoms with E-state index in [-0.39, 0.29) is 30.0 Å². The number of aromatic nitrogens is 2. The van der Waals surface area contributed by atoms with Crippen LogP contribution in [0.2, 0.25) is 0 Å². The number of Topliss-reactive ketones (excluding diaryl/α,β-unsaturated/α-hetero) is 1. The minimum absolute atomic E-state index is 0.0289. The van der Waals surface area contributed by atoms with E-state index in [1.807, 2.05) is 38.1 Å². The number of ether oxygens (including phenoxy) is 1. The lowest BCUT2D eigenvalue weighted by Crippen LogP contribution is -2.16. The monoisotopic (exact) mass is 437 g/mol. The van der Waals surface area contributed by atoms with Gasteiger partial charge in [0.1, 0.15) is 5.03 Å². The number of carbonyl (C=O) groups is 3. The van der Waals surface area contributed by atoms with Gasteiger partial charge in [0.05, 0.1) is 23.0 Å². The Hall–Kier alpha value is -3.26. The molecule has 0 bridgehead atoms. The lowest BCUT2D eigenvalue weighted by Gasteiger charge is -2.08. The molecular weight excluding hydrogens is 414 g/mol. The highest BCUT2D eigenvalue weighted by Gasteiger charge is 2.12. The molecule has 1 amide bonds. The molecule has 0 spiro atoms. The minimum atomic E-state index is -0.508. The van der Waals surface area contributed by atoms with E-state index >= 15 is 0 Å². The van der Waals surface area contributed by atoms with Crippen LogP contribution in [0.3, 0.4) is 0 Å². The quantitative estimate of drug-likeness (QED) is 0.305. The first-order chi connectivity index (χ1) is 14.9. The molecule has 3 aromatic rings. The molecule has 0 unspecified atom stereocenters. The normalized spacial score (nSPS) is 10.8. The molecule has 1 aromatic heterocycles. The van der Waals surface area contributed by atoms with Crippen LogP contribution in [0.15, 0.2) is 59.8 Å². The molecule has 0 aliphatic carbocycles. The zero-order valence-corrected chi connectivity index (χ0v) is 18.1. The maximum atomic E-state index is 12.3. The topological polar surface area (TPSA) is 98.2 Å². The number of benzene rings is 2. The Balaban J connectivity index is 1.45. The summed E-state index contributed by atoms with van der Waals surface area (Å²) in [5, 5.41) is 3.39. The molecule has 1 N–H and O–H groups in total. The predicted octanol–water partition coefficient (Wildman–Crippen LogP) is 4.13. The second-order valence-corrected chi connectivity index (χ2v) is 8.29. The fourth-order valence-corrected chi connectivity index (χ4v) is 3.38. The van der Waals surface area contributed by atoms with Crippen LogP contribution in [0.25, 0.3) is 11.0 Å². The SMILES string of the molecule is CC(C)CC(=O)Nc1ccc(C(=O)COC(=O)CSc2cnc3ccccc3n2)cc1. The van der Waals surface area contributed by atoms with Gasteiger partial charge >= 0.3 is 5.97 Å². The smallest absolute Gasteiger partial charge is 0.316 e. The first-order valence-electron chi connectivity index (χ1n) is 9.84. The van der Waals surface area contributed by atoms with E-state index in [1.165, 1.54) is 11.8 Å². The van der Waals surface area contributed by atoms with Crippen molar-refractivity contribution in [2.24, 2.45) is 5.92 Å². The van der Waals surface area contributed by atoms with Crippen molar-refractivity contribution in [1.82, 2.24) is 9.97 Å². The van der Waals surface area contributed by atoms with E-state index in [9.17, 15) is 14.4 Å². The first-order valence-corrected chi connectivity index (χ1v) is 10.8. The maximum Gasteiger partial charge on any atom is 0.316 e. The summed E-state index contributed by atoms with van der Waals surface area (Å²) in [6.07, 6.45) is 2.03. The molecule has 0 fully saturated rings. The number of amides is 1. The number of hydrogen-bond donors (Lipinski definition) is 1. The Labute approximate surface area is 184 Å². The molecule has 8 heteroatoms. The molecule has 0 saturated carbocycles. The summed E-state index contributed by atoms with van der Waals surface area (Å²) >= 11 is 1.20. The van der Waals surface area contributed by atoms with Gasteiger partial charge in [-0.25, -0.2) is 4.98 Å².